The van der Waals surface area contributed by atoms with Crippen molar-refractivity contribution in [1.29, 1.82) is 0 Å². The van der Waals surface area contributed by atoms with Gasteiger partial charge in [0.15, 0.2) is 5.82 Å². The highest BCUT2D eigenvalue weighted by Crippen LogP contribution is 2.15. The highest BCUT2D eigenvalue weighted by molar-refractivity contribution is 5.38. The molecule has 0 saturated carbocycles. The van der Waals surface area contributed by atoms with Gasteiger partial charge in [0, 0.05) is 26.0 Å². The van der Waals surface area contributed by atoms with Gasteiger partial charge in [0.2, 0.25) is 0 Å². The molecule has 0 aliphatic carbocycles. The Balaban J connectivity index is 3.15. The normalized spacial score (nSPS) is 11.6. The molecule has 5 heteroatoms. The lowest BCUT2D eigenvalue weighted by Crippen LogP contribution is -2.47. The minimum Gasteiger partial charge on any atom is -0.394 e. The van der Waals surface area contributed by atoms with Crippen LogP contribution in [0.25, 0.3) is 0 Å². The number of aliphatic hydroxyl groups is 1. The molecule has 0 saturated heterocycles. The van der Waals surface area contributed by atoms with Crippen molar-refractivity contribution in [3.63, 3.8) is 0 Å². The maximum Gasteiger partial charge on any atom is 0.293 e. The average Bonchev–Trinajstić information content (AvgIpc) is 2.31. The number of anilines is 1. The van der Waals surface area contributed by atoms with Crippen LogP contribution in [-0.4, -0.2) is 33.9 Å². The Morgan fingerprint density at radius 2 is 2.18 bits per heavy atom. The van der Waals surface area contributed by atoms with Gasteiger partial charge in [0.1, 0.15) is 0 Å². The summed E-state index contributed by atoms with van der Waals surface area (Å²) in [5, 5.41) is 9.31. The molecule has 0 amide bonds. The first-order chi connectivity index (χ1) is 7.94. The molecule has 17 heavy (non-hydrogen) atoms. The van der Waals surface area contributed by atoms with E-state index in [4.69, 9.17) is 0 Å². The third kappa shape index (κ3) is 2.85. The van der Waals surface area contributed by atoms with Crippen LogP contribution in [0.2, 0.25) is 0 Å². The topological polar surface area (TPSA) is 58.4 Å². The van der Waals surface area contributed by atoms with E-state index in [1.54, 1.807) is 28.9 Å². The zero-order valence-corrected chi connectivity index (χ0v) is 11.0. The predicted molar refractivity (Wildman–Crippen MR) is 68.4 cm³/mol. The third-order valence-corrected chi connectivity index (χ3v) is 2.97. The summed E-state index contributed by atoms with van der Waals surface area (Å²) in [4.78, 5) is 18.0. The fourth-order valence-corrected chi connectivity index (χ4v) is 1.48. The lowest BCUT2D eigenvalue weighted by molar-refractivity contribution is 0.215. The van der Waals surface area contributed by atoms with E-state index in [9.17, 15) is 9.90 Å². The molecule has 0 aromatic carbocycles. The van der Waals surface area contributed by atoms with Crippen molar-refractivity contribution in [1.82, 2.24) is 9.55 Å². The number of rotatable bonds is 5. The lowest BCUT2D eigenvalue weighted by atomic mass is 10.1. The van der Waals surface area contributed by atoms with Crippen molar-refractivity contribution in [2.45, 2.75) is 39.3 Å². The van der Waals surface area contributed by atoms with Gasteiger partial charge >= 0.3 is 0 Å². The van der Waals surface area contributed by atoms with Crippen molar-refractivity contribution < 1.29 is 5.11 Å². The fourth-order valence-electron chi connectivity index (χ4n) is 1.48. The number of nitrogens with zero attached hydrogens (tertiary/aromatic N) is 3. The summed E-state index contributed by atoms with van der Waals surface area (Å²) in [6, 6.07) is 0. The second kappa shape index (κ2) is 5.31. The summed E-state index contributed by atoms with van der Waals surface area (Å²) >= 11 is 0. The van der Waals surface area contributed by atoms with E-state index in [1.165, 1.54) is 0 Å². The van der Waals surface area contributed by atoms with Gasteiger partial charge in [-0.2, -0.15) is 0 Å². The van der Waals surface area contributed by atoms with Crippen LogP contribution >= 0.6 is 0 Å². The Morgan fingerprint density at radius 1 is 1.53 bits per heavy atom. The van der Waals surface area contributed by atoms with E-state index in [0.717, 1.165) is 6.42 Å². The number of aryl methyl sites for hydroxylation is 1. The van der Waals surface area contributed by atoms with Gasteiger partial charge < -0.3 is 14.6 Å². The molecule has 0 aliphatic heterocycles. The molecule has 0 fully saturated rings. The first kappa shape index (κ1) is 13.7. The van der Waals surface area contributed by atoms with E-state index < -0.39 is 5.54 Å². The molecule has 0 spiro atoms. The van der Waals surface area contributed by atoms with Gasteiger partial charge in [0.25, 0.3) is 5.56 Å². The predicted octanol–water partition coefficient (Wildman–Crippen LogP) is 0.860. The van der Waals surface area contributed by atoms with Crippen LogP contribution in [0.1, 0.15) is 27.2 Å². The number of hydrogen-bond donors (Lipinski definition) is 1. The van der Waals surface area contributed by atoms with Gasteiger partial charge in [-0.3, -0.25) is 4.79 Å². The van der Waals surface area contributed by atoms with Gasteiger partial charge in [-0.05, 0) is 20.3 Å². The fraction of sp³-hybridized carbons (Fsp3) is 0.667. The average molecular weight is 239 g/mol. The second-order valence-corrected chi connectivity index (χ2v) is 4.78. The van der Waals surface area contributed by atoms with Crippen LogP contribution in [0.3, 0.4) is 0 Å². The second-order valence-electron chi connectivity index (χ2n) is 4.78. The van der Waals surface area contributed by atoms with Gasteiger partial charge in [-0.1, -0.05) is 6.92 Å². The van der Waals surface area contributed by atoms with Crippen molar-refractivity contribution in [2.24, 2.45) is 0 Å². The van der Waals surface area contributed by atoms with Gasteiger partial charge in [-0.25, -0.2) is 4.98 Å². The zero-order chi connectivity index (χ0) is 13.1. The maximum atomic E-state index is 12.1. The summed E-state index contributed by atoms with van der Waals surface area (Å²) in [5.41, 5.74) is -0.615. The Bertz CT molecular complexity index is 426. The molecule has 1 rings (SSSR count). The Hall–Kier alpha value is -1.36. The summed E-state index contributed by atoms with van der Waals surface area (Å²) in [7, 11) is 1.77. The van der Waals surface area contributed by atoms with E-state index in [2.05, 4.69) is 4.98 Å². The van der Waals surface area contributed by atoms with E-state index in [1.807, 2.05) is 20.8 Å². The van der Waals surface area contributed by atoms with Gasteiger partial charge in [0.05, 0.1) is 12.1 Å². The largest absolute Gasteiger partial charge is 0.394 e. The van der Waals surface area contributed by atoms with Crippen LogP contribution in [0.15, 0.2) is 17.2 Å². The Morgan fingerprint density at radius 3 is 2.71 bits per heavy atom. The SMILES string of the molecule is CCCn1ccnc(N(C)C(C)(C)CO)c1=O. The molecule has 1 N–H and O–H groups in total. The quantitative estimate of drug-likeness (QED) is 0.828. The van der Waals surface area contributed by atoms with Crippen molar-refractivity contribution in [2.75, 3.05) is 18.6 Å². The molecule has 0 radical (unpaired) electrons. The molecule has 0 unspecified atom stereocenters. The van der Waals surface area contributed by atoms with Crippen LogP contribution in [0.5, 0.6) is 0 Å². The van der Waals surface area contributed by atoms with Crippen molar-refractivity contribution in [3.05, 3.63) is 22.7 Å². The monoisotopic (exact) mass is 239 g/mol. The third-order valence-electron chi connectivity index (χ3n) is 2.97. The van der Waals surface area contributed by atoms with Crippen molar-refractivity contribution >= 4 is 5.82 Å². The Kier molecular flexibility index (Phi) is 4.28. The van der Waals surface area contributed by atoms with Gasteiger partial charge in [-0.15, -0.1) is 0 Å². The molecular weight excluding hydrogens is 218 g/mol. The number of likely N-dealkylation sites (N-methyl/N-ethyl adjacent to an activating group) is 1. The molecule has 96 valence electrons. The molecule has 0 aliphatic rings. The summed E-state index contributed by atoms with van der Waals surface area (Å²) in [6.07, 6.45) is 4.21. The molecule has 1 aromatic rings. The highest BCUT2D eigenvalue weighted by atomic mass is 16.3. The van der Waals surface area contributed by atoms with E-state index >= 15 is 0 Å². The molecule has 0 bridgehead atoms. The number of aromatic nitrogens is 2. The van der Waals surface area contributed by atoms with E-state index in [0.29, 0.717) is 12.4 Å². The lowest BCUT2D eigenvalue weighted by Gasteiger charge is -2.34. The minimum atomic E-state index is -0.502. The zero-order valence-electron chi connectivity index (χ0n) is 11.0. The highest BCUT2D eigenvalue weighted by Gasteiger charge is 2.25. The van der Waals surface area contributed by atoms with Crippen LogP contribution in [-0.2, 0) is 6.54 Å². The van der Waals surface area contributed by atoms with E-state index in [-0.39, 0.29) is 12.2 Å². The number of hydrogen-bond acceptors (Lipinski definition) is 4. The number of aliphatic hydroxyl groups excluding tert-OH is 1. The smallest absolute Gasteiger partial charge is 0.293 e. The molecular formula is C12H21N3O2. The van der Waals surface area contributed by atoms with Crippen LogP contribution in [0.4, 0.5) is 5.82 Å². The summed E-state index contributed by atoms with van der Waals surface area (Å²) in [5.74, 6) is 0.375. The molecule has 1 aromatic heterocycles. The summed E-state index contributed by atoms with van der Waals surface area (Å²) in [6.45, 7) is 6.40. The maximum absolute atomic E-state index is 12.1. The standard InChI is InChI=1S/C12H21N3O2/c1-5-7-15-8-6-13-10(11(15)17)14(4)12(2,3)9-16/h6,8,16H,5,7,9H2,1-4H3. The minimum absolute atomic E-state index is 0.0344. The first-order valence-corrected chi connectivity index (χ1v) is 5.84. The summed E-state index contributed by atoms with van der Waals surface area (Å²) < 4.78 is 1.65. The van der Waals surface area contributed by atoms with Crippen molar-refractivity contribution in [3.8, 4) is 0 Å². The molecule has 1 heterocycles. The Labute approximate surface area is 102 Å². The van der Waals surface area contributed by atoms with Crippen LogP contribution < -0.4 is 10.5 Å². The molecule has 0 atom stereocenters. The molecule has 5 nitrogen and oxygen atoms in total. The first-order valence-electron chi connectivity index (χ1n) is 5.84. The van der Waals surface area contributed by atoms with Crippen LogP contribution in [0, 0.1) is 0 Å².